The van der Waals surface area contributed by atoms with E-state index >= 15 is 0 Å². The van der Waals surface area contributed by atoms with Crippen LogP contribution < -0.4 is 10.6 Å². The van der Waals surface area contributed by atoms with Crippen LogP contribution in [0.2, 0.25) is 0 Å². The number of aliphatic imine (C=N–C) groups is 1. The van der Waals surface area contributed by atoms with Gasteiger partial charge in [0.15, 0.2) is 5.96 Å². The van der Waals surface area contributed by atoms with Crippen LogP contribution in [0.1, 0.15) is 34.1 Å². The summed E-state index contributed by atoms with van der Waals surface area (Å²) in [5.41, 5.74) is 0. The molecule has 27 heavy (non-hydrogen) atoms. The van der Waals surface area contributed by atoms with Crippen LogP contribution in [0.15, 0.2) is 4.99 Å². The predicted molar refractivity (Wildman–Crippen MR) is 108 cm³/mol. The maximum Gasteiger partial charge on any atom is 0.225 e. The molecule has 2 N–H and O–H groups in total. The first-order valence-corrected chi connectivity index (χ1v) is 10.2. The molecule has 8 nitrogen and oxygen atoms in total. The Morgan fingerprint density at radius 1 is 1.11 bits per heavy atom. The van der Waals surface area contributed by atoms with Crippen LogP contribution in [-0.4, -0.2) is 97.4 Å². The number of carbonyl (C=O) groups excluding carboxylic acids is 2. The van der Waals surface area contributed by atoms with E-state index in [0.717, 1.165) is 71.3 Å². The summed E-state index contributed by atoms with van der Waals surface area (Å²) in [6, 6.07) is 0.254. The molecule has 2 fully saturated rings. The average molecular weight is 381 g/mol. The highest BCUT2D eigenvalue weighted by molar-refractivity contribution is 5.81. The molecule has 0 aromatic heterocycles. The lowest BCUT2D eigenvalue weighted by Gasteiger charge is -2.33. The molecule has 1 unspecified atom stereocenters. The van der Waals surface area contributed by atoms with Gasteiger partial charge >= 0.3 is 0 Å². The molecule has 0 spiro atoms. The third-order valence-electron chi connectivity index (χ3n) is 5.18. The largest absolute Gasteiger partial charge is 0.357 e. The van der Waals surface area contributed by atoms with Crippen molar-refractivity contribution in [2.24, 2.45) is 10.9 Å². The van der Waals surface area contributed by atoms with Gasteiger partial charge in [0, 0.05) is 71.2 Å². The maximum atomic E-state index is 12.1. The molecule has 0 aromatic carbocycles. The quantitative estimate of drug-likeness (QED) is 0.499. The van der Waals surface area contributed by atoms with Gasteiger partial charge in [-0.1, -0.05) is 13.8 Å². The number of nitrogens with one attached hydrogen (secondary N) is 2. The number of guanidine groups is 1. The monoisotopic (exact) mass is 380 g/mol. The molecule has 154 valence electrons. The van der Waals surface area contributed by atoms with Crippen LogP contribution in [0, 0.1) is 5.92 Å². The van der Waals surface area contributed by atoms with E-state index in [1.807, 2.05) is 23.6 Å². The van der Waals surface area contributed by atoms with Gasteiger partial charge in [-0.15, -0.1) is 0 Å². The Hall–Kier alpha value is -1.83. The van der Waals surface area contributed by atoms with Crippen LogP contribution in [-0.2, 0) is 9.59 Å². The van der Waals surface area contributed by atoms with Crippen molar-refractivity contribution in [3.05, 3.63) is 0 Å². The number of nitrogens with zero attached hydrogens (tertiary/aromatic N) is 4. The highest BCUT2D eigenvalue weighted by atomic mass is 16.2. The van der Waals surface area contributed by atoms with Gasteiger partial charge in [-0.25, -0.2) is 0 Å². The highest BCUT2D eigenvalue weighted by Crippen LogP contribution is 2.12. The molecular weight excluding hydrogens is 344 g/mol. The van der Waals surface area contributed by atoms with E-state index in [-0.39, 0.29) is 23.8 Å². The van der Waals surface area contributed by atoms with Gasteiger partial charge in [0.25, 0.3) is 0 Å². The lowest BCUT2D eigenvalue weighted by molar-refractivity contribution is -0.133. The summed E-state index contributed by atoms with van der Waals surface area (Å²) in [6.45, 7) is 15.0. The molecule has 8 heteroatoms. The predicted octanol–water partition coefficient (Wildman–Crippen LogP) is -0.0375. The Morgan fingerprint density at radius 2 is 1.81 bits per heavy atom. The minimum atomic E-state index is 0.0501. The second-order valence-electron chi connectivity index (χ2n) is 7.68. The van der Waals surface area contributed by atoms with Gasteiger partial charge < -0.3 is 20.4 Å². The maximum absolute atomic E-state index is 12.1. The van der Waals surface area contributed by atoms with Gasteiger partial charge in [0.05, 0.1) is 6.54 Å². The fraction of sp³-hybridized carbons (Fsp3) is 0.842. The van der Waals surface area contributed by atoms with Crippen molar-refractivity contribution in [2.75, 3.05) is 58.9 Å². The highest BCUT2D eigenvalue weighted by Gasteiger charge is 2.28. The molecule has 2 rings (SSSR count). The molecule has 0 aromatic rings. The lowest BCUT2D eigenvalue weighted by Crippen LogP contribution is -2.49. The number of likely N-dealkylation sites (tertiary alicyclic amines) is 1. The van der Waals surface area contributed by atoms with Crippen molar-refractivity contribution in [1.29, 1.82) is 0 Å². The van der Waals surface area contributed by atoms with E-state index in [2.05, 4.69) is 22.5 Å². The number of carbonyl (C=O) groups is 2. The van der Waals surface area contributed by atoms with Crippen molar-refractivity contribution in [3.8, 4) is 0 Å². The van der Waals surface area contributed by atoms with Gasteiger partial charge in [-0.3, -0.25) is 19.5 Å². The number of amides is 2. The Labute approximate surface area is 163 Å². The first-order valence-electron chi connectivity index (χ1n) is 10.2. The summed E-state index contributed by atoms with van der Waals surface area (Å²) in [6.07, 6.45) is 0.954. The van der Waals surface area contributed by atoms with Gasteiger partial charge in [-0.2, -0.15) is 0 Å². The molecule has 2 aliphatic rings. The van der Waals surface area contributed by atoms with Crippen molar-refractivity contribution in [3.63, 3.8) is 0 Å². The van der Waals surface area contributed by atoms with Gasteiger partial charge in [-0.05, 0) is 13.3 Å². The first-order chi connectivity index (χ1) is 12.9. The van der Waals surface area contributed by atoms with Crippen LogP contribution in [0.3, 0.4) is 0 Å². The molecule has 1 atom stereocenters. The van der Waals surface area contributed by atoms with E-state index in [4.69, 9.17) is 4.99 Å². The van der Waals surface area contributed by atoms with Crippen LogP contribution >= 0.6 is 0 Å². The van der Waals surface area contributed by atoms with E-state index in [1.165, 1.54) is 0 Å². The fourth-order valence-electron chi connectivity index (χ4n) is 3.55. The van der Waals surface area contributed by atoms with E-state index in [9.17, 15) is 9.59 Å². The van der Waals surface area contributed by atoms with E-state index < -0.39 is 0 Å². The minimum absolute atomic E-state index is 0.0501. The SMILES string of the molecule is CCNC(=NCCN1CCN(C(C)=O)CC1)NC1CCN(C(=O)C(C)C)C1. The summed E-state index contributed by atoms with van der Waals surface area (Å²) in [7, 11) is 0. The smallest absolute Gasteiger partial charge is 0.225 e. The number of hydrogen-bond acceptors (Lipinski definition) is 4. The van der Waals surface area contributed by atoms with Gasteiger partial charge in [0.1, 0.15) is 0 Å². The molecule has 2 amide bonds. The van der Waals surface area contributed by atoms with Crippen LogP contribution in [0.4, 0.5) is 0 Å². The number of rotatable bonds is 6. The van der Waals surface area contributed by atoms with Crippen molar-refractivity contribution < 1.29 is 9.59 Å². The second-order valence-corrected chi connectivity index (χ2v) is 7.68. The summed E-state index contributed by atoms with van der Waals surface area (Å²) >= 11 is 0. The molecule has 2 saturated heterocycles. The molecule has 0 radical (unpaired) electrons. The normalized spacial score (nSPS) is 21.7. The summed E-state index contributed by atoms with van der Waals surface area (Å²) in [4.78, 5) is 34.4. The zero-order valence-corrected chi connectivity index (χ0v) is 17.3. The van der Waals surface area contributed by atoms with Crippen molar-refractivity contribution >= 4 is 17.8 Å². The zero-order valence-electron chi connectivity index (χ0n) is 17.3. The molecule has 2 aliphatic heterocycles. The Balaban J connectivity index is 1.76. The molecular formula is C19H36N6O2. The summed E-state index contributed by atoms with van der Waals surface area (Å²) in [5.74, 6) is 1.26. The topological polar surface area (TPSA) is 80.3 Å². The molecule has 0 bridgehead atoms. The zero-order chi connectivity index (χ0) is 19.8. The van der Waals surface area contributed by atoms with Crippen molar-refractivity contribution in [1.82, 2.24) is 25.3 Å². The Kier molecular flexibility index (Phi) is 8.34. The third-order valence-corrected chi connectivity index (χ3v) is 5.18. The fourth-order valence-corrected chi connectivity index (χ4v) is 3.55. The first kappa shape index (κ1) is 21.5. The van der Waals surface area contributed by atoms with E-state index in [0.29, 0.717) is 0 Å². The second kappa shape index (κ2) is 10.5. The Bertz CT molecular complexity index is 528. The van der Waals surface area contributed by atoms with E-state index in [1.54, 1.807) is 6.92 Å². The van der Waals surface area contributed by atoms with Crippen molar-refractivity contribution in [2.45, 2.75) is 40.2 Å². The number of hydrogen-bond donors (Lipinski definition) is 2. The molecule has 2 heterocycles. The lowest BCUT2D eigenvalue weighted by atomic mass is 10.2. The third kappa shape index (κ3) is 6.68. The minimum Gasteiger partial charge on any atom is -0.357 e. The molecule has 0 aliphatic carbocycles. The van der Waals surface area contributed by atoms with Crippen LogP contribution in [0.25, 0.3) is 0 Å². The Morgan fingerprint density at radius 3 is 2.41 bits per heavy atom. The molecule has 0 saturated carbocycles. The summed E-state index contributed by atoms with van der Waals surface area (Å²) in [5, 5.41) is 6.77. The average Bonchev–Trinajstić information content (AvgIpc) is 3.10. The number of piperazine rings is 1. The van der Waals surface area contributed by atoms with Gasteiger partial charge in [0.2, 0.25) is 11.8 Å². The summed E-state index contributed by atoms with van der Waals surface area (Å²) < 4.78 is 0. The van der Waals surface area contributed by atoms with Crippen LogP contribution in [0.5, 0.6) is 0 Å². The standard InChI is InChI=1S/C19H36N6O2/c1-5-20-19(22-17-6-8-25(14-17)18(27)15(2)3)21-7-9-23-10-12-24(13-11-23)16(4)26/h15,17H,5-14H2,1-4H3,(H2,20,21,22).